The van der Waals surface area contributed by atoms with Crippen molar-refractivity contribution in [2.24, 2.45) is 0 Å². The molecule has 0 aromatic heterocycles. The molecule has 0 radical (unpaired) electrons. The van der Waals surface area contributed by atoms with Crippen LogP contribution in [0.1, 0.15) is 18.5 Å². The Morgan fingerprint density at radius 2 is 1.43 bits per heavy atom. The van der Waals surface area contributed by atoms with Gasteiger partial charge in [-0.3, -0.25) is 4.90 Å². The van der Waals surface area contributed by atoms with Gasteiger partial charge in [-0.05, 0) is 35.7 Å². The molecule has 2 aromatic rings. The summed E-state index contributed by atoms with van der Waals surface area (Å²) in [4.78, 5) is 2.54. The van der Waals surface area contributed by atoms with Crippen molar-refractivity contribution < 1.29 is 0 Å². The van der Waals surface area contributed by atoms with E-state index in [2.05, 4.69) is 53.5 Å². The predicted octanol–water partition coefficient (Wildman–Crippen LogP) is 3.97. The first kappa shape index (κ1) is 14.6. The van der Waals surface area contributed by atoms with Gasteiger partial charge in [0.2, 0.25) is 0 Å². The molecule has 1 aliphatic rings. The van der Waals surface area contributed by atoms with Crippen LogP contribution in [0.25, 0.3) is 11.1 Å². The summed E-state index contributed by atoms with van der Waals surface area (Å²) < 4.78 is 0. The molecule has 21 heavy (non-hydrogen) atoms. The second-order valence-electron chi connectivity index (χ2n) is 5.59. The predicted molar refractivity (Wildman–Crippen MR) is 89.7 cm³/mol. The lowest BCUT2D eigenvalue weighted by Crippen LogP contribution is -2.44. The van der Waals surface area contributed by atoms with Crippen LogP contribution >= 0.6 is 11.6 Å². The van der Waals surface area contributed by atoms with Crippen molar-refractivity contribution in [3.63, 3.8) is 0 Å². The number of halogens is 1. The van der Waals surface area contributed by atoms with E-state index in [0.29, 0.717) is 6.04 Å². The maximum absolute atomic E-state index is 5.94. The molecule has 0 spiro atoms. The van der Waals surface area contributed by atoms with E-state index in [1.807, 2.05) is 12.1 Å². The lowest BCUT2D eigenvalue weighted by Gasteiger charge is -2.33. The Balaban J connectivity index is 1.75. The molecule has 1 atom stereocenters. The van der Waals surface area contributed by atoms with Gasteiger partial charge in [-0.15, -0.1) is 0 Å². The second-order valence-corrected chi connectivity index (χ2v) is 6.03. The highest BCUT2D eigenvalue weighted by atomic mass is 35.5. The minimum Gasteiger partial charge on any atom is -0.314 e. The molecule has 2 aromatic carbocycles. The van der Waals surface area contributed by atoms with E-state index in [4.69, 9.17) is 11.6 Å². The maximum atomic E-state index is 5.94. The molecule has 1 unspecified atom stereocenters. The number of piperazine rings is 1. The standard InChI is InChI=1S/C18H21ClN2/c1-14(21-12-10-20-11-13-21)15-2-4-16(5-3-15)17-6-8-18(19)9-7-17/h2-9,14,20H,10-13H2,1H3. The highest BCUT2D eigenvalue weighted by Gasteiger charge is 2.17. The lowest BCUT2D eigenvalue weighted by atomic mass is 10.0. The van der Waals surface area contributed by atoms with Crippen molar-refractivity contribution in [2.75, 3.05) is 26.2 Å². The fraction of sp³-hybridized carbons (Fsp3) is 0.333. The third-order valence-corrected chi connectivity index (χ3v) is 4.52. The van der Waals surface area contributed by atoms with E-state index in [0.717, 1.165) is 31.2 Å². The number of nitrogens with zero attached hydrogens (tertiary/aromatic N) is 1. The molecule has 2 nitrogen and oxygen atoms in total. The Kier molecular flexibility index (Phi) is 4.59. The van der Waals surface area contributed by atoms with Gasteiger partial charge in [-0.2, -0.15) is 0 Å². The van der Waals surface area contributed by atoms with E-state index in [1.165, 1.54) is 16.7 Å². The summed E-state index contributed by atoms with van der Waals surface area (Å²) in [6.07, 6.45) is 0. The molecule has 1 heterocycles. The van der Waals surface area contributed by atoms with Crippen LogP contribution in [0.2, 0.25) is 5.02 Å². The van der Waals surface area contributed by atoms with Gasteiger partial charge < -0.3 is 5.32 Å². The van der Waals surface area contributed by atoms with Crippen molar-refractivity contribution >= 4 is 11.6 Å². The first-order chi connectivity index (χ1) is 10.2. The highest BCUT2D eigenvalue weighted by molar-refractivity contribution is 6.30. The number of benzene rings is 2. The van der Waals surface area contributed by atoms with Crippen LogP contribution in [-0.4, -0.2) is 31.1 Å². The van der Waals surface area contributed by atoms with E-state index in [-0.39, 0.29) is 0 Å². The minimum absolute atomic E-state index is 0.478. The molecule has 3 rings (SSSR count). The Morgan fingerprint density at radius 1 is 0.905 bits per heavy atom. The molecule has 0 amide bonds. The van der Waals surface area contributed by atoms with Crippen LogP contribution in [0, 0.1) is 0 Å². The minimum atomic E-state index is 0.478. The van der Waals surface area contributed by atoms with Crippen molar-refractivity contribution in [1.82, 2.24) is 10.2 Å². The van der Waals surface area contributed by atoms with Gasteiger partial charge in [0.25, 0.3) is 0 Å². The third-order valence-electron chi connectivity index (χ3n) is 4.27. The number of hydrogen-bond acceptors (Lipinski definition) is 2. The molecule has 0 saturated carbocycles. The molecular formula is C18H21ClN2. The number of rotatable bonds is 3. The molecule has 1 aliphatic heterocycles. The zero-order valence-electron chi connectivity index (χ0n) is 12.3. The Labute approximate surface area is 131 Å². The molecule has 110 valence electrons. The summed E-state index contributed by atoms with van der Waals surface area (Å²) in [6, 6.07) is 17.4. The zero-order valence-corrected chi connectivity index (χ0v) is 13.1. The summed E-state index contributed by atoms with van der Waals surface area (Å²) in [5.74, 6) is 0. The summed E-state index contributed by atoms with van der Waals surface area (Å²) >= 11 is 5.94. The van der Waals surface area contributed by atoms with Crippen molar-refractivity contribution in [1.29, 1.82) is 0 Å². The summed E-state index contributed by atoms with van der Waals surface area (Å²) in [5.41, 5.74) is 3.83. The van der Waals surface area contributed by atoms with Gasteiger partial charge in [-0.25, -0.2) is 0 Å². The normalized spacial score (nSPS) is 17.6. The topological polar surface area (TPSA) is 15.3 Å². The molecule has 3 heteroatoms. The largest absolute Gasteiger partial charge is 0.314 e. The zero-order chi connectivity index (χ0) is 14.7. The molecule has 1 N–H and O–H groups in total. The van der Waals surface area contributed by atoms with Gasteiger partial charge in [0, 0.05) is 37.2 Å². The van der Waals surface area contributed by atoms with Gasteiger partial charge >= 0.3 is 0 Å². The summed E-state index contributed by atoms with van der Waals surface area (Å²) in [5, 5.41) is 4.18. The Morgan fingerprint density at radius 3 is 2.00 bits per heavy atom. The first-order valence-corrected chi connectivity index (χ1v) is 7.92. The van der Waals surface area contributed by atoms with Gasteiger partial charge in [0.15, 0.2) is 0 Å². The molecule has 1 saturated heterocycles. The van der Waals surface area contributed by atoms with Gasteiger partial charge in [-0.1, -0.05) is 48.0 Å². The van der Waals surface area contributed by atoms with Crippen LogP contribution in [-0.2, 0) is 0 Å². The average molecular weight is 301 g/mol. The average Bonchev–Trinajstić information content (AvgIpc) is 2.56. The van der Waals surface area contributed by atoms with Crippen LogP contribution in [0.4, 0.5) is 0 Å². The van der Waals surface area contributed by atoms with Crippen LogP contribution < -0.4 is 5.32 Å². The first-order valence-electron chi connectivity index (χ1n) is 7.55. The fourth-order valence-corrected chi connectivity index (χ4v) is 3.00. The second kappa shape index (κ2) is 6.61. The SMILES string of the molecule is CC(c1ccc(-c2ccc(Cl)cc2)cc1)N1CCNCC1. The monoisotopic (exact) mass is 300 g/mol. The van der Waals surface area contributed by atoms with Crippen LogP contribution in [0.15, 0.2) is 48.5 Å². The number of hydrogen-bond donors (Lipinski definition) is 1. The molecular weight excluding hydrogens is 280 g/mol. The fourth-order valence-electron chi connectivity index (χ4n) is 2.88. The number of nitrogens with one attached hydrogen (secondary N) is 1. The molecule has 0 bridgehead atoms. The third kappa shape index (κ3) is 3.46. The lowest BCUT2D eigenvalue weighted by molar-refractivity contribution is 0.185. The van der Waals surface area contributed by atoms with E-state index < -0.39 is 0 Å². The van der Waals surface area contributed by atoms with Gasteiger partial charge in [0.1, 0.15) is 0 Å². The highest BCUT2D eigenvalue weighted by Crippen LogP contribution is 2.25. The molecule has 0 aliphatic carbocycles. The van der Waals surface area contributed by atoms with Crippen LogP contribution in [0.5, 0.6) is 0 Å². The van der Waals surface area contributed by atoms with Crippen molar-refractivity contribution in [3.8, 4) is 11.1 Å². The maximum Gasteiger partial charge on any atom is 0.0406 e. The van der Waals surface area contributed by atoms with E-state index in [9.17, 15) is 0 Å². The Bertz CT molecular complexity index is 571. The van der Waals surface area contributed by atoms with Gasteiger partial charge in [0.05, 0.1) is 0 Å². The quantitative estimate of drug-likeness (QED) is 0.922. The summed E-state index contributed by atoms with van der Waals surface area (Å²) in [6.45, 7) is 6.73. The Hall–Kier alpha value is -1.35. The summed E-state index contributed by atoms with van der Waals surface area (Å²) in [7, 11) is 0. The molecule has 1 fully saturated rings. The van der Waals surface area contributed by atoms with E-state index >= 15 is 0 Å². The van der Waals surface area contributed by atoms with Crippen LogP contribution in [0.3, 0.4) is 0 Å². The van der Waals surface area contributed by atoms with E-state index in [1.54, 1.807) is 0 Å². The van der Waals surface area contributed by atoms with Crippen molar-refractivity contribution in [2.45, 2.75) is 13.0 Å². The smallest absolute Gasteiger partial charge is 0.0406 e. The van der Waals surface area contributed by atoms with Crippen molar-refractivity contribution in [3.05, 3.63) is 59.1 Å².